The Hall–Kier alpha value is -2.67. The van der Waals surface area contributed by atoms with Crippen LogP contribution in [-0.2, 0) is 11.3 Å². The molecule has 0 saturated heterocycles. The second-order valence-electron chi connectivity index (χ2n) is 4.67. The van der Waals surface area contributed by atoms with E-state index in [-0.39, 0.29) is 6.61 Å². The molecule has 116 valence electrons. The number of aromatic nitrogens is 3. The summed E-state index contributed by atoms with van der Waals surface area (Å²) in [6, 6.07) is 14.8. The van der Waals surface area contributed by atoms with E-state index in [4.69, 9.17) is 4.74 Å². The summed E-state index contributed by atoms with van der Waals surface area (Å²) < 4.78 is 7.60. The molecule has 0 saturated carbocycles. The standard InChI is InChI=1S/C16H13BrN4O2/c17-13-6-7-15(18-10-13)21-9-8-14(20-21)19-16(22)23-11-12-4-2-1-3-5-12/h1-10H,11H2,(H,19,20,22). The zero-order valence-electron chi connectivity index (χ0n) is 12.0. The van der Waals surface area contributed by atoms with Gasteiger partial charge in [0.2, 0.25) is 0 Å². The van der Waals surface area contributed by atoms with Crippen LogP contribution in [0.3, 0.4) is 0 Å². The lowest BCUT2D eigenvalue weighted by atomic mass is 10.2. The summed E-state index contributed by atoms with van der Waals surface area (Å²) >= 11 is 3.33. The SMILES string of the molecule is O=C(Nc1ccn(-c2ccc(Br)cn2)n1)OCc1ccccc1. The first-order valence-electron chi connectivity index (χ1n) is 6.86. The van der Waals surface area contributed by atoms with Crippen molar-refractivity contribution in [3.8, 4) is 5.82 Å². The number of halogens is 1. The van der Waals surface area contributed by atoms with E-state index in [1.54, 1.807) is 23.1 Å². The number of nitrogens with one attached hydrogen (secondary N) is 1. The van der Waals surface area contributed by atoms with Crippen LogP contribution in [0.25, 0.3) is 5.82 Å². The molecule has 2 heterocycles. The molecule has 1 aromatic carbocycles. The van der Waals surface area contributed by atoms with Crippen LogP contribution in [-0.4, -0.2) is 20.9 Å². The predicted octanol–water partition coefficient (Wildman–Crippen LogP) is 3.78. The summed E-state index contributed by atoms with van der Waals surface area (Å²) in [6.07, 6.45) is 2.84. The number of anilines is 1. The number of pyridine rings is 1. The maximum absolute atomic E-state index is 11.8. The largest absolute Gasteiger partial charge is 0.444 e. The van der Waals surface area contributed by atoms with E-state index in [1.807, 2.05) is 42.5 Å². The molecule has 7 heteroatoms. The molecule has 23 heavy (non-hydrogen) atoms. The molecule has 0 aliphatic heterocycles. The normalized spacial score (nSPS) is 10.3. The van der Waals surface area contributed by atoms with Gasteiger partial charge in [0.1, 0.15) is 6.61 Å². The fourth-order valence-electron chi connectivity index (χ4n) is 1.89. The Morgan fingerprint density at radius 3 is 2.74 bits per heavy atom. The summed E-state index contributed by atoms with van der Waals surface area (Å²) in [5.41, 5.74) is 0.923. The molecule has 0 aliphatic rings. The zero-order chi connectivity index (χ0) is 16.1. The fourth-order valence-corrected chi connectivity index (χ4v) is 2.12. The molecule has 0 radical (unpaired) electrons. The highest BCUT2D eigenvalue weighted by molar-refractivity contribution is 9.10. The Bertz CT molecular complexity index is 787. The quantitative estimate of drug-likeness (QED) is 0.756. The number of rotatable bonds is 4. The first kappa shape index (κ1) is 15.2. The van der Waals surface area contributed by atoms with Gasteiger partial charge in [-0.05, 0) is 33.6 Å². The average molecular weight is 373 g/mol. The van der Waals surface area contributed by atoms with E-state index < -0.39 is 6.09 Å². The molecule has 0 unspecified atom stereocenters. The molecule has 2 aromatic heterocycles. The maximum Gasteiger partial charge on any atom is 0.413 e. The van der Waals surface area contributed by atoms with E-state index >= 15 is 0 Å². The van der Waals surface area contributed by atoms with E-state index in [2.05, 4.69) is 31.3 Å². The van der Waals surface area contributed by atoms with Crippen LogP contribution in [0.5, 0.6) is 0 Å². The van der Waals surface area contributed by atoms with Gasteiger partial charge in [-0.15, -0.1) is 5.10 Å². The van der Waals surface area contributed by atoms with Gasteiger partial charge < -0.3 is 4.74 Å². The van der Waals surface area contributed by atoms with Gasteiger partial charge in [0.25, 0.3) is 0 Å². The molecule has 3 aromatic rings. The topological polar surface area (TPSA) is 69.0 Å². The molecule has 1 amide bonds. The lowest BCUT2D eigenvalue weighted by Crippen LogP contribution is -2.14. The van der Waals surface area contributed by atoms with Crippen LogP contribution in [0.2, 0.25) is 0 Å². The van der Waals surface area contributed by atoms with Crippen molar-refractivity contribution in [2.75, 3.05) is 5.32 Å². The Morgan fingerprint density at radius 2 is 2.00 bits per heavy atom. The number of carbonyl (C=O) groups excluding carboxylic acids is 1. The van der Waals surface area contributed by atoms with Crippen molar-refractivity contribution in [2.45, 2.75) is 6.61 Å². The minimum absolute atomic E-state index is 0.210. The Labute approximate surface area is 141 Å². The minimum atomic E-state index is -0.553. The molecular weight excluding hydrogens is 360 g/mol. The first-order valence-corrected chi connectivity index (χ1v) is 7.65. The number of benzene rings is 1. The monoisotopic (exact) mass is 372 g/mol. The lowest BCUT2D eigenvalue weighted by molar-refractivity contribution is 0.155. The van der Waals surface area contributed by atoms with E-state index in [9.17, 15) is 4.79 Å². The van der Waals surface area contributed by atoms with Gasteiger partial charge in [-0.2, -0.15) is 0 Å². The van der Waals surface area contributed by atoms with E-state index in [1.165, 1.54) is 0 Å². The smallest absolute Gasteiger partial charge is 0.413 e. The number of hydrogen-bond donors (Lipinski definition) is 1. The third kappa shape index (κ3) is 4.17. The van der Waals surface area contributed by atoms with Gasteiger partial charge in [0, 0.05) is 22.9 Å². The van der Waals surface area contributed by atoms with Crippen LogP contribution in [0.4, 0.5) is 10.6 Å². The first-order chi connectivity index (χ1) is 11.2. The fraction of sp³-hybridized carbons (Fsp3) is 0.0625. The highest BCUT2D eigenvalue weighted by atomic mass is 79.9. The average Bonchev–Trinajstić information content (AvgIpc) is 3.03. The molecule has 0 spiro atoms. The summed E-state index contributed by atoms with van der Waals surface area (Å²) in [4.78, 5) is 16.0. The van der Waals surface area contributed by atoms with Crippen molar-refractivity contribution in [3.63, 3.8) is 0 Å². The van der Waals surface area contributed by atoms with Crippen molar-refractivity contribution >= 4 is 27.8 Å². The second kappa shape index (κ2) is 7.06. The summed E-state index contributed by atoms with van der Waals surface area (Å²) in [5.74, 6) is 1.05. The van der Waals surface area contributed by atoms with Gasteiger partial charge in [-0.1, -0.05) is 30.3 Å². The predicted molar refractivity (Wildman–Crippen MR) is 89.3 cm³/mol. The van der Waals surface area contributed by atoms with Crippen LogP contribution in [0, 0.1) is 0 Å². The van der Waals surface area contributed by atoms with Gasteiger partial charge in [0.05, 0.1) is 0 Å². The lowest BCUT2D eigenvalue weighted by Gasteiger charge is -2.05. The van der Waals surface area contributed by atoms with Gasteiger partial charge in [-0.25, -0.2) is 14.5 Å². The second-order valence-corrected chi connectivity index (χ2v) is 5.58. The van der Waals surface area contributed by atoms with Crippen LogP contribution < -0.4 is 5.32 Å². The van der Waals surface area contributed by atoms with E-state index in [0.29, 0.717) is 11.6 Å². The molecule has 0 bridgehead atoms. The van der Waals surface area contributed by atoms with Crippen molar-refractivity contribution in [2.24, 2.45) is 0 Å². The zero-order valence-corrected chi connectivity index (χ0v) is 13.6. The molecule has 1 N–H and O–H groups in total. The summed E-state index contributed by atoms with van der Waals surface area (Å²) in [7, 11) is 0. The van der Waals surface area contributed by atoms with Gasteiger partial charge in [-0.3, -0.25) is 5.32 Å². The van der Waals surface area contributed by atoms with Gasteiger partial charge in [0.15, 0.2) is 11.6 Å². The number of nitrogens with zero attached hydrogens (tertiary/aromatic N) is 3. The van der Waals surface area contributed by atoms with Crippen molar-refractivity contribution in [1.82, 2.24) is 14.8 Å². The van der Waals surface area contributed by atoms with Crippen molar-refractivity contribution in [1.29, 1.82) is 0 Å². The molecule has 3 rings (SSSR count). The minimum Gasteiger partial charge on any atom is -0.444 e. The third-order valence-corrected chi connectivity index (χ3v) is 3.45. The maximum atomic E-state index is 11.8. The Balaban J connectivity index is 1.58. The number of ether oxygens (including phenoxy) is 1. The molecule has 0 aliphatic carbocycles. The Kier molecular flexibility index (Phi) is 4.68. The highest BCUT2D eigenvalue weighted by Crippen LogP contribution is 2.12. The highest BCUT2D eigenvalue weighted by Gasteiger charge is 2.07. The summed E-state index contributed by atoms with van der Waals surface area (Å²) in [5, 5.41) is 6.82. The molecule has 0 fully saturated rings. The van der Waals surface area contributed by atoms with Crippen molar-refractivity contribution in [3.05, 3.63) is 71.0 Å². The summed E-state index contributed by atoms with van der Waals surface area (Å²) in [6.45, 7) is 0.210. The Morgan fingerprint density at radius 1 is 1.17 bits per heavy atom. The van der Waals surface area contributed by atoms with Crippen LogP contribution in [0.15, 0.2) is 65.4 Å². The van der Waals surface area contributed by atoms with E-state index in [0.717, 1.165) is 10.0 Å². The van der Waals surface area contributed by atoms with Crippen LogP contribution >= 0.6 is 15.9 Å². The number of amides is 1. The van der Waals surface area contributed by atoms with Crippen molar-refractivity contribution < 1.29 is 9.53 Å². The van der Waals surface area contributed by atoms with Gasteiger partial charge >= 0.3 is 6.09 Å². The molecular formula is C16H13BrN4O2. The number of hydrogen-bond acceptors (Lipinski definition) is 4. The number of carbonyl (C=O) groups is 1. The molecule has 6 nitrogen and oxygen atoms in total. The molecule has 0 atom stereocenters. The third-order valence-electron chi connectivity index (χ3n) is 2.98. The van der Waals surface area contributed by atoms with Crippen LogP contribution in [0.1, 0.15) is 5.56 Å².